The fourth-order valence-electron chi connectivity index (χ4n) is 1.20. The number of nitrogens with zero attached hydrogens (tertiary/aromatic N) is 1. The minimum absolute atomic E-state index is 0.0380. The molecule has 0 atom stereocenters. The highest BCUT2D eigenvalue weighted by Crippen LogP contribution is 2.21. The van der Waals surface area contributed by atoms with Crippen LogP contribution in [0, 0.1) is 13.8 Å². The van der Waals surface area contributed by atoms with Crippen LogP contribution in [0.5, 0.6) is 0 Å². The fourth-order valence-corrected chi connectivity index (χ4v) is 2.70. The molecule has 1 N–H and O–H groups in total. The van der Waals surface area contributed by atoms with E-state index in [4.69, 9.17) is 0 Å². The quantitative estimate of drug-likeness (QED) is 0.884. The molecule has 7 heteroatoms. The summed E-state index contributed by atoms with van der Waals surface area (Å²) < 4.78 is 21.8. The summed E-state index contributed by atoms with van der Waals surface area (Å²) in [6.07, 6.45) is 1.71. The van der Waals surface area contributed by atoms with E-state index in [1.165, 1.54) is 17.6 Å². The summed E-state index contributed by atoms with van der Waals surface area (Å²) in [5.74, 6) is -0.154. The number of rotatable bonds is 5. The molecule has 0 saturated carbocycles. The van der Waals surface area contributed by atoms with Gasteiger partial charge in [-0.1, -0.05) is 0 Å². The van der Waals surface area contributed by atoms with E-state index in [1.54, 1.807) is 0 Å². The Morgan fingerprint density at radius 2 is 2.06 bits per heavy atom. The van der Waals surface area contributed by atoms with E-state index < -0.39 is 9.84 Å². The molecule has 0 spiro atoms. The molecule has 0 aliphatic rings. The van der Waals surface area contributed by atoms with Crippen LogP contribution in [0.1, 0.15) is 23.4 Å². The minimum Gasteiger partial charge on any atom is -0.302 e. The number of hydrogen-bond acceptors (Lipinski definition) is 5. The van der Waals surface area contributed by atoms with Crippen molar-refractivity contribution >= 4 is 32.2 Å². The summed E-state index contributed by atoms with van der Waals surface area (Å²) in [6, 6.07) is 0. The number of aryl methyl sites for hydroxylation is 2. The summed E-state index contributed by atoms with van der Waals surface area (Å²) >= 11 is 1.42. The topological polar surface area (TPSA) is 76.1 Å². The summed E-state index contributed by atoms with van der Waals surface area (Å²) in [4.78, 5) is 16.7. The van der Waals surface area contributed by atoms with E-state index in [1.807, 2.05) is 13.8 Å². The van der Waals surface area contributed by atoms with Gasteiger partial charge in [0.05, 0.1) is 11.4 Å². The first-order valence-corrected chi connectivity index (χ1v) is 8.07. The molecular formula is C10H16N2O3S2. The predicted octanol–water partition coefficient (Wildman–Crippen LogP) is 1.52. The maximum atomic E-state index is 11.5. The largest absolute Gasteiger partial charge is 0.302 e. The molecule has 0 unspecified atom stereocenters. The van der Waals surface area contributed by atoms with E-state index in [2.05, 4.69) is 10.3 Å². The van der Waals surface area contributed by atoms with Gasteiger partial charge in [0, 0.05) is 17.6 Å². The van der Waals surface area contributed by atoms with Gasteiger partial charge in [0.15, 0.2) is 5.13 Å². The zero-order valence-corrected chi connectivity index (χ0v) is 11.7. The van der Waals surface area contributed by atoms with Crippen molar-refractivity contribution in [2.24, 2.45) is 0 Å². The second-order valence-corrected chi connectivity index (χ2v) is 7.41. The van der Waals surface area contributed by atoms with E-state index in [-0.39, 0.29) is 18.1 Å². The number of aromatic nitrogens is 1. The van der Waals surface area contributed by atoms with E-state index in [0.717, 1.165) is 10.6 Å². The molecule has 5 nitrogen and oxygen atoms in total. The molecule has 0 bridgehead atoms. The van der Waals surface area contributed by atoms with Crippen LogP contribution in [0.2, 0.25) is 0 Å². The van der Waals surface area contributed by atoms with Gasteiger partial charge < -0.3 is 5.32 Å². The third-order valence-electron chi connectivity index (χ3n) is 2.19. The summed E-state index contributed by atoms with van der Waals surface area (Å²) in [6.45, 7) is 3.82. The van der Waals surface area contributed by atoms with E-state index in [9.17, 15) is 13.2 Å². The molecule has 0 aromatic carbocycles. The Kier molecular flexibility index (Phi) is 4.64. The summed E-state index contributed by atoms with van der Waals surface area (Å²) in [5.41, 5.74) is 0.904. The molecule has 0 saturated heterocycles. The fraction of sp³-hybridized carbons (Fsp3) is 0.600. The Hall–Kier alpha value is -0.950. The van der Waals surface area contributed by atoms with Crippen LogP contribution in [-0.4, -0.2) is 31.3 Å². The van der Waals surface area contributed by atoms with Gasteiger partial charge in [-0.15, -0.1) is 11.3 Å². The second-order valence-electron chi connectivity index (χ2n) is 3.94. The Bertz CT molecular complexity index is 486. The maximum Gasteiger partial charge on any atom is 0.226 e. The average Bonchev–Trinajstić information content (AvgIpc) is 2.43. The van der Waals surface area contributed by atoms with Crippen LogP contribution in [0.3, 0.4) is 0 Å². The molecule has 17 heavy (non-hydrogen) atoms. The molecular weight excluding hydrogens is 260 g/mol. The first-order chi connectivity index (χ1) is 7.78. The van der Waals surface area contributed by atoms with Gasteiger partial charge in [-0.2, -0.15) is 0 Å². The Morgan fingerprint density at radius 1 is 1.41 bits per heavy atom. The highest BCUT2D eigenvalue weighted by Gasteiger charge is 2.09. The monoisotopic (exact) mass is 276 g/mol. The molecule has 1 aromatic rings. The third kappa shape index (κ3) is 5.27. The predicted molar refractivity (Wildman–Crippen MR) is 69.2 cm³/mol. The summed E-state index contributed by atoms with van der Waals surface area (Å²) in [5, 5.41) is 3.24. The van der Waals surface area contributed by atoms with Crippen molar-refractivity contribution in [2.45, 2.75) is 26.7 Å². The van der Waals surface area contributed by atoms with Gasteiger partial charge >= 0.3 is 0 Å². The maximum absolute atomic E-state index is 11.5. The molecule has 1 amide bonds. The van der Waals surface area contributed by atoms with Crippen LogP contribution in [0.15, 0.2) is 0 Å². The van der Waals surface area contributed by atoms with Gasteiger partial charge in [0.25, 0.3) is 0 Å². The van der Waals surface area contributed by atoms with Crippen LogP contribution in [-0.2, 0) is 14.6 Å². The minimum atomic E-state index is -2.99. The van der Waals surface area contributed by atoms with Crippen molar-refractivity contribution in [3.8, 4) is 0 Å². The molecule has 0 fully saturated rings. The molecule has 96 valence electrons. The lowest BCUT2D eigenvalue weighted by Gasteiger charge is -2.00. The second kappa shape index (κ2) is 5.59. The van der Waals surface area contributed by atoms with Gasteiger partial charge in [0.1, 0.15) is 9.84 Å². The molecule has 0 aliphatic carbocycles. The average molecular weight is 276 g/mol. The van der Waals surface area contributed by atoms with Crippen molar-refractivity contribution in [1.82, 2.24) is 4.98 Å². The third-order valence-corrected chi connectivity index (χ3v) is 4.21. The Balaban J connectivity index is 2.40. The lowest BCUT2D eigenvalue weighted by Crippen LogP contribution is -2.13. The smallest absolute Gasteiger partial charge is 0.226 e. The van der Waals surface area contributed by atoms with Gasteiger partial charge in [-0.25, -0.2) is 13.4 Å². The highest BCUT2D eigenvalue weighted by atomic mass is 32.2. The number of hydrogen-bond donors (Lipinski definition) is 1. The number of nitrogens with one attached hydrogen (secondary N) is 1. The normalized spacial score (nSPS) is 11.5. The van der Waals surface area contributed by atoms with Crippen LogP contribution >= 0.6 is 11.3 Å². The molecule has 0 aliphatic heterocycles. The summed E-state index contributed by atoms with van der Waals surface area (Å²) in [7, 11) is -2.99. The lowest BCUT2D eigenvalue weighted by molar-refractivity contribution is -0.116. The number of amides is 1. The number of anilines is 1. The number of thiazole rings is 1. The van der Waals surface area contributed by atoms with E-state index in [0.29, 0.717) is 11.6 Å². The highest BCUT2D eigenvalue weighted by molar-refractivity contribution is 7.90. The Labute approximate surface area is 105 Å². The zero-order valence-electron chi connectivity index (χ0n) is 10.1. The van der Waals surface area contributed by atoms with Gasteiger partial charge in [0.2, 0.25) is 5.91 Å². The molecule has 0 radical (unpaired) electrons. The van der Waals surface area contributed by atoms with Crippen molar-refractivity contribution in [3.63, 3.8) is 0 Å². The van der Waals surface area contributed by atoms with Crippen LogP contribution in [0.4, 0.5) is 5.13 Å². The van der Waals surface area contributed by atoms with Crippen molar-refractivity contribution in [2.75, 3.05) is 17.3 Å². The first-order valence-electron chi connectivity index (χ1n) is 5.19. The van der Waals surface area contributed by atoms with Crippen molar-refractivity contribution in [3.05, 3.63) is 10.6 Å². The standard InChI is InChI=1S/C10H16N2O3S2/c1-7-8(2)16-10(11-7)12-9(13)5-4-6-17(3,14)15/h4-6H2,1-3H3,(H,11,12,13). The lowest BCUT2D eigenvalue weighted by atomic mass is 10.3. The molecule has 1 rings (SSSR count). The zero-order chi connectivity index (χ0) is 13.1. The number of sulfone groups is 1. The van der Waals surface area contributed by atoms with Crippen molar-refractivity contribution in [1.29, 1.82) is 0 Å². The van der Waals surface area contributed by atoms with Crippen LogP contribution in [0.25, 0.3) is 0 Å². The van der Waals surface area contributed by atoms with Gasteiger partial charge in [-0.3, -0.25) is 4.79 Å². The molecule has 1 heterocycles. The van der Waals surface area contributed by atoms with Crippen LogP contribution < -0.4 is 5.32 Å². The van der Waals surface area contributed by atoms with E-state index >= 15 is 0 Å². The first kappa shape index (κ1) is 14.1. The molecule has 1 aromatic heterocycles. The SMILES string of the molecule is Cc1nc(NC(=O)CCCS(C)(=O)=O)sc1C. The number of carbonyl (C=O) groups is 1. The number of carbonyl (C=O) groups excluding carboxylic acids is 1. The van der Waals surface area contributed by atoms with Gasteiger partial charge in [-0.05, 0) is 20.3 Å². The van der Waals surface area contributed by atoms with Crippen molar-refractivity contribution < 1.29 is 13.2 Å². The Morgan fingerprint density at radius 3 is 2.53 bits per heavy atom.